The van der Waals surface area contributed by atoms with Crippen LogP contribution in [0.2, 0.25) is 0 Å². The van der Waals surface area contributed by atoms with Crippen molar-refractivity contribution in [2.75, 3.05) is 88.8 Å². The molecule has 0 aromatic heterocycles. The molecular weight excluding hydrogens is 847 g/mol. The van der Waals surface area contributed by atoms with Gasteiger partial charge in [0.2, 0.25) is 35.4 Å². The fraction of sp³-hybridized carbons (Fsp3) is 0.565. The van der Waals surface area contributed by atoms with Gasteiger partial charge in [0.25, 0.3) is 5.91 Å². The highest BCUT2D eigenvalue weighted by Crippen LogP contribution is 2.38. The fourth-order valence-corrected chi connectivity index (χ4v) is 9.06. The van der Waals surface area contributed by atoms with E-state index in [9.17, 15) is 33.6 Å². The first-order valence-corrected chi connectivity index (χ1v) is 23.3. The number of nitrogens with zero attached hydrogens (tertiary/aromatic N) is 5. The number of unbranched alkanes of at least 4 members (excludes halogenated alkanes) is 1. The van der Waals surface area contributed by atoms with Crippen LogP contribution in [0.3, 0.4) is 0 Å². The fourth-order valence-electron chi connectivity index (χ4n) is 9.06. The number of anilines is 3. The number of hydrogen-bond acceptors (Lipinski definition) is 12. The van der Waals surface area contributed by atoms with E-state index in [1.54, 1.807) is 11.0 Å². The van der Waals surface area contributed by atoms with E-state index < -0.39 is 35.8 Å². The summed E-state index contributed by atoms with van der Waals surface area (Å²) in [5, 5.41) is 16.6. The second-order valence-corrected chi connectivity index (χ2v) is 17.6. The standard InChI is InChI=1S/C46H67N13O7/c1-31(60)52-44(65)36(15-19-51-46(47)48)55-45(66)37-29-40(61)49-18-8-12-35(53-37)43(64)50-20-24-57-27-25-56(26-28-57)21-7-6-9-32-16-22-58(23-17-32)30-41(62)59-38-13-4-2-10-33(38)42(63)54-34-11-3-5-14-39(34)59/h2-5,10-11,13-14,32,35-37,53H,6-9,12,15-30H2,1H3,(H,49,61)(H,50,64)(H,54,63)(H,55,66)(H4,47,48,51)(H,52,60,65)/t35-,36-,37-/m0/s1. The van der Waals surface area contributed by atoms with Gasteiger partial charge in [0, 0.05) is 59.3 Å². The Balaban J connectivity index is 0.869. The Morgan fingerprint density at radius 3 is 2.24 bits per heavy atom. The number of aliphatic imine (C=N–C) groups is 1. The average molecular weight is 914 g/mol. The number of para-hydroxylation sites is 3. The molecule has 3 atom stereocenters. The van der Waals surface area contributed by atoms with Crippen molar-refractivity contribution in [3.05, 3.63) is 54.1 Å². The second kappa shape index (κ2) is 24.5. The molecule has 10 N–H and O–H groups in total. The predicted molar refractivity (Wildman–Crippen MR) is 251 cm³/mol. The minimum absolute atomic E-state index is 0.00381. The van der Waals surface area contributed by atoms with Gasteiger partial charge in [-0.1, -0.05) is 37.1 Å². The zero-order valence-electron chi connectivity index (χ0n) is 38.0. The van der Waals surface area contributed by atoms with Gasteiger partial charge in [-0.2, -0.15) is 0 Å². The lowest BCUT2D eigenvalue weighted by Crippen LogP contribution is -2.58. The highest BCUT2D eigenvalue weighted by Gasteiger charge is 2.33. The molecule has 0 bridgehead atoms. The zero-order chi connectivity index (χ0) is 47.0. The second-order valence-electron chi connectivity index (χ2n) is 17.6. The molecule has 66 heavy (non-hydrogen) atoms. The number of rotatable bonds is 17. The number of nitrogens with one attached hydrogen (secondary N) is 6. The molecule has 0 unspecified atom stereocenters. The minimum Gasteiger partial charge on any atom is -0.370 e. The van der Waals surface area contributed by atoms with Crippen LogP contribution >= 0.6 is 0 Å². The van der Waals surface area contributed by atoms with E-state index in [0.29, 0.717) is 67.6 Å². The summed E-state index contributed by atoms with van der Waals surface area (Å²) in [7, 11) is 0. The van der Waals surface area contributed by atoms with Crippen molar-refractivity contribution in [1.82, 2.24) is 41.3 Å². The highest BCUT2D eigenvalue weighted by atomic mass is 16.2. The van der Waals surface area contributed by atoms with Crippen LogP contribution in [0.4, 0.5) is 17.1 Å². The molecule has 6 rings (SSSR count). The van der Waals surface area contributed by atoms with Gasteiger partial charge >= 0.3 is 0 Å². The lowest BCUT2D eigenvalue weighted by atomic mass is 9.91. The first-order valence-electron chi connectivity index (χ1n) is 23.3. The molecule has 3 saturated heterocycles. The number of hydrogen-bond donors (Lipinski definition) is 8. The van der Waals surface area contributed by atoms with E-state index in [2.05, 4.69) is 51.6 Å². The maximum atomic E-state index is 13.9. The number of carbonyl (C=O) groups is 7. The monoisotopic (exact) mass is 914 g/mol. The van der Waals surface area contributed by atoms with Crippen LogP contribution in [0.25, 0.3) is 0 Å². The van der Waals surface area contributed by atoms with E-state index in [4.69, 9.17) is 11.5 Å². The maximum absolute atomic E-state index is 13.9. The molecule has 4 aliphatic rings. The number of nitrogens with two attached hydrogens (primary N) is 2. The van der Waals surface area contributed by atoms with E-state index >= 15 is 0 Å². The van der Waals surface area contributed by atoms with Crippen molar-refractivity contribution >= 4 is 64.4 Å². The summed E-state index contributed by atoms with van der Waals surface area (Å²) in [4.78, 5) is 103. The third kappa shape index (κ3) is 14.5. The number of carbonyl (C=O) groups excluding carboxylic acids is 7. The molecule has 4 aliphatic heterocycles. The number of amides is 7. The highest BCUT2D eigenvalue weighted by molar-refractivity contribution is 6.18. The summed E-state index contributed by atoms with van der Waals surface area (Å²) in [6.45, 7) is 9.42. The molecule has 0 aliphatic carbocycles. The number of benzene rings is 2. The first kappa shape index (κ1) is 49.5. The van der Waals surface area contributed by atoms with Crippen LogP contribution in [0, 0.1) is 5.92 Å². The smallest absolute Gasteiger partial charge is 0.257 e. The molecule has 0 spiro atoms. The van der Waals surface area contributed by atoms with Crippen LogP contribution in [0.1, 0.15) is 75.1 Å². The van der Waals surface area contributed by atoms with Crippen molar-refractivity contribution in [3.63, 3.8) is 0 Å². The summed E-state index contributed by atoms with van der Waals surface area (Å²) in [6, 6.07) is 11.6. The molecule has 0 saturated carbocycles. The van der Waals surface area contributed by atoms with Gasteiger partial charge in [-0.05, 0) is 88.3 Å². The Bertz CT molecular complexity index is 2060. The lowest BCUT2D eigenvalue weighted by molar-refractivity contribution is -0.135. The van der Waals surface area contributed by atoms with Crippen LogP contribution in [-0.4, -0.2) is 159 Å². The first-order chi connectivity index (χ1) is 31.8. The quantitative estimate of drug-likeness (QED) is 0.0590. The number of piperazine rings is 1. The van der Waals surface area contributed by atoms with Crippen molar-refractivity contribution in [2.24, 2.45) is 22.4 Å². The Kier molecular flexibility index (Phi) is 18.4. The van der Waals surface area contributed by atoms with Crippen molar-refractivity contribution < 1.29 is 33.6 Å². The van der Waals surface area contributed by atoms with Crippen LogP contribution in [-0.2, 0) is 28.8 Å². The molecule has 2 aromatic carbocycles. The Morgan fingerprint density at radius 1 is 0.818 bits per heavy atom. The van der Waals surface area contributed by atoms with E-state index in [0.717, 1.165) is 71.5 Å². The van der Waals surface area contributed by atoms with Gasteiger partial charge in [0.05, 0.1) is 47.7 Å². The number of fused-ring (bicyclic) bond motifs is 2. The molecule has 2 aromatic rings. The molecular formula is C46H67N13O7. The summed E-state index contributed by atoms with van der Waals surface area (Å²) >= 11 is 0. The van der Waals surface area contributed by atoms with Gasteiger partial charge in [-0.15, -0.1) is 0 Å². The Labute approximate surface area is 386 Å². The van der Waals surface area contributed by atoms with E-state index in [-0.39, 0.29) is 49.0 Å². The lowest BCUT2D eigenvalue weighted by Gasteiger charge is -2.35. The van der Waals surface area contributed by atoms with Crippen LogP contribution in [0.5, 0.6) is 0 Å². The van der Waals surface area contributed by atoms with Crippen molar-refractivity contribution in [1.29, 1.82) is 0 Å². The van der Waals surface area contributed by atoms with Crippen LogP contribution in [0.15, 0.2) is 53.5 Å². The Hall–Kier alpha value is -5.96. The maximum Gasteiger partial charge on any atom is 0.257 e. The minimum atomic E-state index is -1.17. The average Bonchev–Trinajstić information content (AvgIpc) is 3.33. The van der Waals surface area contributed by atoms with Crippen LogP contribution < -0.4 is 48.3 Å². The SMILES string of the molecule is CC(=O)NC(=O)[C@H](CCN=C(N)N)NC(=O)[C@@H]1CC(=O)NCCC[C@@H](C(=O)NCCN2CCN(CCCCC3CCN(CC(=O)N4c5ccccc5NC(=O)c5ccccc54)CC3)CC2)N1. The summed E-state index contributed by atoms with van der Waals surface area (Å²) in [5.41, 5.74) is 13.2. The van der Waals surface area contributed by atoms with Gasteiger partial charge in [0.1, 0.15) is 6.04 Å². The summed E-state index contributed by atoms with van der Waals surface area (Å²) < 4.78 is 0. The molecule has 3 fully saturated rings. The van der Waals surface area contributed by atoms with Gasteiger partial charge in [-0.25, -0.2) is 0 Å². The molecule has 4 heterocycles. The molecule has 20 heteroatoms. The van der Waals surface area contributed by atoms with E-state index in [1.165, 1.54) is 13.3 Å². The number of guanidine groups is 1. The predicted octanol–water partition coefficient (Wildman–Crippen LogP) is -0.0290. The molecule has 358 valence electrons. The molecule has 7 amide bonds. The largest absolute Gasteiger partial charge is 0.370 e. The molecule has 0 radical (unpaired) electrons. The Morgan fingerprint density at radius 2 is 1.52 bits per heavy atom. The normalized spacial score (nSPS) is 20.3. The van der Waals surface area contributed by atoms with Gasteiger partial charge in [0.15, 0.2) is 5.96 Å². The zero-order valence-corrected chi connectivity index (χ0v) is 38.0. The number of piperidine rings is 1. The van der Waals surface area contributed by atoms with Gasteiger partial charge in [-0.3, -0.25) is 63.9 Å². The number of likely N-dealkylation sites (tertiary alicyclic amines) is 1. The third-order valence-corrected chi connectivity index (χ3v) is 12.7. The summed E-state index contributed by atoms with van der Waals surface area (Å²) in [5.74, 6) is -2.51. The number of imide groups is 1. The van der Waals surface area contributed by atoms with Crippen molar-refractivity contribution in [3.8, 4) is 0 Å². The topological polar surface area (TPSA) is 269 Å². The van der Waals surface area contributed by atoms with E-state index in [1.807, 2.05) is 42.5 Å². The van der Waals surface area contributed by atoms with Gasteiger partial charge < -0.3 is 37.6 Å². The molecule has 20 nitrogen and oxygen atoms in total. The van der Waals surface area contributed by atoms with Crippen molar-refractivity contribution in [2.45, 2.75) is 82.8 Å². The summed E-state index contributed by atoms with van der Waals surface area (Å²) in [6.07, 6.45) is 6.22. The third-order valence-electron chi connectivity index (χ3n) is 12.7.